The molecule has 0 bridgehead atoms. The molecule has 2 heterocycles. The highest BCUT2D eigenvalue weighted by molar-refractivity contribution is 5.79. The van der Waals surface area contributed by atoms with Gasteiger partial charge < -0.3 is 15.4 Å². The van der Waals surface area contributed by atoms with E-state index in [-0.39, 0.29) is 17.9 Å². The minimum Gasteiger partial charge on any atom is -0.381 e. The highest BCUT2D eigenvalue weighted by atomic mass is 16.5. The molecule has 0 aromatic rings. The van der Waals surface area contributed by atoms with Gasteiger partial charge in [-0.05, 0) is 33.1 Å². The van der Waals surface area contributed by atoms with Crippen LogP contribution in [0.4, 0.5) is 0 Å². The van der Waals surface area contributed by atoms with E-state index < -0.39 is 0 Å². The predicted molar refractivity (Wildman–Crippen MR) is 66.7 cm³/mol. The molecule has 2 aliphatic rings. The number of carbonyl (C=O) groups excluding carboxylic acids is 1. The summed E-state index contributed by atoms with van der Waals surface area (Å²) in [7, 11) is 0. The van der Waals surface area contributed by atoms with Crippen LogP contribution in [0.5, 0.6) is 0 Å². The van der Waals surface area contributed by atoms with E-state index in [0.29, 0.717) is 12.0 Å². The van der Waals surface area contributed by atoms with Crippen molar-refractivity contribution in [2.75, 3.05) is 19.8 Å². The maximum Gasteiger partial charge on any atom is 0.224 e. The first-order chi connectivity index (χ1) is 8.16. The first kappa shape index (κ1) is 12.8. The Kier molecular flexibility index (Phi) is 4.40. The molecule has 2 rings (SSSR count). The highest BCUT2D eigenvalue weighted by Crippen LogP contribution is 2.18. The fourth-order valence-electron chi connectivity index (χ4n) is 2.63. The average Bonchev–Trinajstić information content (AvgIpc) is 2.83. The van der Waals surface area contributed by atoms with Gasteiger partial charge >= 0.3 is 0 Å². The second kappa shape index (κ2) is 5.83. The molecular formula is C13H24N2O2. The van der Waals surface area contributed by atoms with Gasteiger partial charge in [-0.25, -0.2) is 0 Å². The van der Waals surface area contributed by atoms with Gasteiger partial charge in [0, 0.05) is 31.2 Å². The van der Waals surface area contributed by atoms with Crippen LogP contribution in [0.3, 0.4) is 0 Å². The molecule has 2 N–H and O–H groups in total. The Bertz CT molecular complexity index is 256. The maximum absolute atomic E-state index is 12.1. The van der Waals surface area contributed by atoms with E-state index in [1.807, 2.05) is 0 Å². The van der Waals surface area contributed by atoms with Crippen molar-refractivity contribution in [2.45, 2.75) is 45.2 Å². The second-order valence-corrected chi connectivity index (χ2v) is 5.50. The third-order valence-electron chi connectivity index (χ3n) is 4.07. The first-order valence-corrected chi connectivity index (χ1v) is 6.78. The Morgan fingerprint density at radius 2 is 2.24 bits per heavy atom. The monoisotopic (exact) mass is 240 g/mol. The number of amides is 1. The summed E-state index contributed by atoms with van der Waals surface area (Å²) in [5.41, 5.74) is 0. The van der Waals surface area contributed by atoms with E-state index in [4.69, 9.17) is 4.74 Å². The fraction of sp³-hybridized carbons (Fsp3) is 0.923. The van der Waals surface area contributed by atoms with E-state index >= 15 is 0 Å². The standard InChI is InChI=1S/C13H24N2O2/c1-9-3-4-11(7-14-9)13(16)15-10(2)12-5-6-17-8-12/h9-12,14H,3-8H2,1-2H3,(H,15,16). The van der Waals surface area contributed by atoms with Gasteiger partial charge in [0.1, 0.15) is 0 Å². The highest BCUT2D eigenvalue weighted by Gasteiger charge is 2.28. The quantitative estimate of drug-likeness (QED) is 0.771. The topological polar surface area (TPSA) is 50.4 Å². The molecule has 2 fully saturated rings. The van der Waals surface area contributed by atoms with Crippen LogP contribution in [0.25, 0.3) is 0 Å². The minimum absolute atomic E-state index is 0.149. The van der Waals surface area contributed by atoms with Crippen LogP contribution in [0, 0.1) is 11.8 Å². The Labute approximate surface area is 103 Å². The second-order valence-electron chi connectivity index (χ2n) is 5.50. The molecule has 0 aromatic carbocycles. The molecule has 2 saturated heterocycles. The largest absolute Gasteiger partial charge is 0.381 e. The molecular weight excluding hydrogens is 216 g/mol. The molecule has 0 aliphatic carbocycles. The van der Waals surface area contributed by atoms with Crippen molar-refractivity contribution in [3.05, 3.63) is 0 Å². The molecule has 17 heavy (non-hydrogen) atoms. The molecule has 4 atom stereocenters. The molecule has 4 unspecified atom stereocenters. The van der Waals surface area contributed by atoms with Gasteiger partial charge in [0.05, 0.1) is 12.5 Å². The molecule has 1 amide bonds. The average molecular weight is 240 g/mol. The molecule has 0 aromatic heterocycles. The maximum atomic E-state index is 12.1. The lowest BCUT2D eigenvalue weighted by Gasteiger charge is -2.29. The molecule has 2 aliphatic heterocycles. The van der Waals surface area contributed by atoms with Crippen molar-refractivity contribution in [2.24, 2.45) is 11.8 Å². The van der Waals surface area contributed by atoms with Gasteiger partial charge in [0.2, 0.25) is 5.91 Å². The van der Waals surface area contributed by atoms with Crippen LogP contribution in [-0.4, -0.2) is 37.7 Å². The van der Waals surface area contributed by atoms with Crippen LogP contribution in [0.2, 0.25) is 0 Å². The molecule has 0 saturated carbocycles. The Morgan fingerprint density at radius 1 is 1.41 bits per heavy atom. The van der Waals surface area contributed by atoms with Crippen LogP contribution in [-0.2, 0) is 9.53 Å². The van der Waals surface area contributed by atoms with E-state index in [1.54, 1.807) is 0 Å². The zero-order valence-electron chi connectivity index (χ0n) is 10.9. The van der Waals surface area contributed by atoms with Crippen LogP contribution in [0.15, 0.2) is 0 Å². The summed E-state index contributed by atoms with van der Waals surface area (Å²) in [6.45, 7) is 6.72. The third kappa shape index (κ3) is 3.42. The summed E-state index contributed by atoms with van der Waals surface area (Å²) in [5, 5.41) is 6.52. The van der Waals surface area contributed by atoms with Crippen molar-refractivity contribution >= 4 is 5.91 Å². The van der Waals surface area contributed by atoms with Gasteiger partial charge in [0.15, 0.2) is 0 Å². The zero-order valence-corrected chi connectivity index (χ0v) is 10.9. The number of hydrogen-bond acceptors (Lipinski definition) is 3. The lowest BCUT2D eigenvalue weighted by molar-refractivity contribution is -0.126. The normalized spacial score (nSPS) is 35.5. The summed E-state index contributed by atoms with van der Waals surface area (Å²) < 4.78 is 5.36. The third-order valence-corrected chi connectivity index (χ3v) is 4.07. The minimum atomic E-state index is 0.149. The molecule has 0 radical (unpaired) electrons. The van der Waals surface area contributed by atoms with Crippen LogP contribution >= 0.6 is 0 Å². The number of rotatable bonds is 3. The smallest absolute Gasteiger partial charge is 0.224 e. The van der Waals surface area contributed by atoms with Gasteiger partial charge in [0.25, 0.3) is 0 Å². The summed E-state index contributed by atoms with van der Waals surface area (Å²) in [6.07, 6.45) is 3.17. The SMILES string of the molecule is CC1CCC(C(=O)NC(C)C2CCOC2)CN1. The van der Waals surface area contributed by atoms with Gasteiger partial charge in [-0.15, -0.1) is 0 Å². The summed E-state index contributed by atoms with van der Waals surface area (Å²) in [5.74, 6) is 0.856. The first-order valence-electron chi connectivity index (χ1n) is 6.78. The number of nitrogens with one attached hydrogen (secondary N) is 2. The van der Waals surface area contributed by atoms with E-state index in [2.05, 4.69) is 24.5 Å². The Morgan fingerprint density at radius 3 is 2.82 bits per heavy atom. The van der Waals surface area contributed by atoms with Crippen molar-refractivity contribution in [3.63, 3.8) is 0 Å². The van der Waals surface area contributed by atoms with Gasteiger partial charge in [-0.2, -0.15) is 0 Å². The molecule has 4 heteroatoms. The fourth-order valence-corrected chi connectivity index (χ4v) is 2.63. The van der Waals surface area contributed by atoms with Crippen molar-refractivity contribution < 1.29 is 9.53 Å². The van der Waals surface area contributed by atoms with Crippen molar-refractivity contribution in [3.8, 4) is 0 Å². The summed E-state index contributed by atoms with van der Waals surface area (Å²) >= 11 is 0. The number of carbonyl (C=O) groups is 1. The number of piperidine rings is 1. The number of hydrogen-bond donors (Lipinski definition) is 2. The lowest BCUT2D eigenvalue weighted by Crippen LogP contribution is -2.47. The molecule has 0 spiro atoms. The van der Waals surface area contributed by atoms with Crippen LogP contribution in [0.1, 0.15) is 33.1 Å². The zero-order chi connectivity index (χ0) is 12.3. The van der Waals surface area contributed by atoms with E-state index in [1.165, 1.54) is 0 Å². The van der Waals surface area contributed by atoms with Crippen LogP contribution < -0.4 is 10.6 Å². The molecule has 98 valence electrons. The van der Waals surface area contributed by atoms with E-state index in [9.17, 15) is 4.79 Å². The molecule has 4 nitrogen and oxygen atoms in total. The van der Waals surface area contributed by atoms with Gasteiger partial charge in [-0.3, -0.25) is 4.79 Å². The lowest BCUT2D eigenvalue weighted by atomic mass is 9.93. The Hall–Kier alpha value is -0.610. The predicted octanol–water partition coefficient (Wildman–Crippen LogP) is 0.916. The Balaban J connectivity index is 1.76. The van der Waals surface area contributed by atoms with E-state index in [0.717, 1.165) is 39.0 Å². The number of ether oxygens (including phenoxy) is 1. The van der Waals surface area contributed by atoms with Crippen molar-refractivity contribution in [1.82, 2.24) is 10.6 Å². The summed E-state index contributed by atoms with van der Waals surface area (Å²) in [6, 6.07) is 0.795. The summed E-state index contributed by atoms with van der Waals surface area (Å²) in [4.78, 5) is 12.1. The van der Waals surface area contributed by atoms with Gasteiger partial charge in [-0.1, -0.05) is 0 Å². The van der Waals surface area contributed by atoms with Crippen molar-refractivity contribution in [1.29, 1.82) is 0 Å².